The third-order valence-corrected chi connectivity index (χ3v) is 4.18. The van der Waals surface area contributed by atoms with Crippen molar-refractivity contribution in [3.63, 3.8) is 0 Å². The molecular formula is C19H20F2N2O. The van der Waals surface area contributed by atoms with E-state index in [1.165, 1.54) is 24.3 Å². The molecule has 1 saturated carbocycles. The van der Waals surface area contributed by atoms with Crippen LogP contribution in [0, 0.1) is 11.6 Å². The molecule has 2 atom stereocenters. The van der Waals surface area contributed by atoms with Gasteiger partial charge in [0.15, 0.2) is 0 Å². The minimum atomic E-state index is -0.591. The normalized spacial score (nSPS) is 16.5. The highest BCUT2D eigenvalue weighted by Crippen LogP contribution is 2.24. The van der Waals surface area contributed by atoms with Crippen LogP contribution in [0.2, 0.25) is 0 Å². The van der Waals surface area contributed by atoms with Crippen LogP contribution >= 0.6 is 0 Å². The first-order valence-electron chi connectivity index (χ1n) is 8.10. The van der Waals surface area contributed by atoms with Crippen LogP contribution in [0.4, 0.5) is 8.78 Å². The van der Waals surface area contributed by atoms with E-state index in [1.54, 1.807) is 24.3 Å². The fourth-order valence-electron chi connectivity index (χ4n) is 2.59. The van der Waals surface area contributed by atoms with Crippen molar-refractivity contribution in [2.24, 2.45) is 0 Å². The van der Waals surface area contributed by atoms with Crippen LogP contribution in [0.3, 0.4) is 0 Å². The molecule has 0 spiro atoms. The second-order valence-corrected chi connectivity index (χ2v) is 6.21. The number of carbonyl (C=O) groups is 1. The third-order valence-electron chi connectivity index (χ3n) is 4.18. The summed E-state index contributed by atoms with van der Waals surface area (Å²) in [5.41, 5.74) is 1.58. The van der Waals surface area contributed by atoms with E-state index in [1.807, 2.05) is 6.92 Å². The van der Waals surface area contributed by atoms with Crippen molar-refractivity contribution in [2.75, 3.05) is 0 Å². The Morgan fingerprint density at radius 3 is 1.96 bits per heavy atom. The molecule has 0 bridgehead atoms. The van der Waals surface area contributed by atoms with Gasteiger partial charge in [-0.3, -0.25) is 10.1 Å². The fourth-order valence-corrected chi connectivity index (χ4v) is 2.59. The highest BCUT2D eigenvalue weighted by Gasteiger charge is 2.29. The second kappa shape index (κ2) is 7.09. The van der Waals surface area contributed by atoms with Crippen LogP contribution in [-0.4, -0.2) is 11.9 Å². The van der Waals surface area contributed by atoms with Crippen LogP contribution < -0.4 is 10.6 Å². The first kappa shape index (κ1) is 16.6. The molecule has 0 heterocycles. The predicted molar refractivity (Wildman–Crippen MR) is 88.3 cm³/mol. The summed E-state index contributed by atoms with van der Waals surface area (Å²) in [4.78, 5) is 12.6. The first-order valence-corrected chi connectivity index (χ1v) is 8.10. The van der Waals surface area contributed by atoms with Crippen molar-refractivity contribution in [3.05, 3.63) is 71.3 Å². The van der Waals surface area contributed by atoms with E-state index < -0.39 is 6.04 Å². The van der Waals surface area contributed by atoms with Gasteiger partial charge in [-0.25, -0.2) is 8.78 Å². The minimum Gasteiger partial charge on any atom is -0.352 e. The quantitative estimate of drug-likeness (QED) is 0.849. The molecule has 3 nitrogen and oxygen atoms in total. The summed E-state index contributed by atoms with van der Waals surface area (Å²) < 4.78 is 26.3. The summed E-state index contributed by atoms with van der Waals surface area (Å²) >= 11 is 0. The number of benzene rings is 2. The Balaban J connectivity index is 1.79. The average Bonchev–Trinajstić information content (AvgIpc) is 3.38. The van der Waals surface area contributed by atoms with Gasteiger partial charge in [0.05, 0.1) is 0 Å². The number of amides is 1. The van der Waals surface area contributed by atoms with Gasteiger partial charge in [-0.05, 0) is 55.2 Å². The molecule has 2 aromatic carbocycles. The lowest BCUT2D eigenvalue weighted by molar-refractivity contribution is -0.123. The lowest BCUT2D eigenvalue weighted by Gasteiger charge is -2.23. The van der Waals surface area contributed by atoms with Crippen molar-refractivity contribution in [2.45, 2.75) is 37.9 Å². The number of halogens is 2. The highest BCUT2D eigenvalue weighted by molar-refractivity contribution is 5.83. The van der Waals surface area contributed by atoms with E-state index in [9.17, 15) is 13.6 Å². The van der Waals surface area contributed by atoms with Gasteiger partial charge in [-0.2, -0.15) is 0 Å². The van der Waals surface area contributed by atoms with Crippen molar-refractivity contribution < 1.29 is 13.6 Å². The Morgan fingerprint density at radius 1 is 0.958 bits per heavy atom. The van der Waals surface area contributed by atoms with Gasteiger partial charge in [-0.15, -0.1) is 0 Å². The van der Waals surface area contributed by atoms with Gasteiger partial charge in [-0.1, -0.05) is 24.3 Å². The van der Waals surface area contributed by atoms with Gasteiger partial charge < -0.3 is 5.32 Å². The maximum Gasteiger partial charge on any atom is 0.241 e. The fraction of sp³-hybridized carbons (Fsp3) is 0.316. The van der Waals surface area contributed by atoms with Gasteiger partial charge in [0.25, 0.3) is 0 Å². The number of nitrogens with one attached hydrogen (secondary N) is 2. The summed E-state index contributed by atoms with van der Waals surface area (Å²) in [5.74, 6) is -0.766. The minimum absolute atomic E-state index is 0.127. The van der Waals surface area contributed by atoms with Gasteiger partial charge in [0.1, 0.15) is 17.7 Å². The highest BCUT2D eigenvalue weighted by atomic mass is 19.1. The SMILES string of the molecule is C[C@H](N[C@H](C(=O)NC1CC1)c1ccc(F)cc1)c1ccc(F)cc1. The molecule has 0 unspecified atom stereocenters. The largest absolute Gasteiger partial charge is 0.352 e. The van der Waals surface area contributed by atoms with Crippen LogP contribution in [0.5, 0.6) is 0 Å². The first-order chi connectivity index (χ1) is 11.5. The molecule has 1 amide bonds. The molecule has 1 aliphatic carbocycles. The second-order valence-electron chi connectivity index (χ2n) is 6.21. The summed E-state index contributed by atoms with van der Waals surface area (Å²) in [7, 11) is 0. The molecule has 2 N–H and O–H groups in total. The van der Waals surface area contributed by atoms with Gasteiger partial charge in [0.2, 0.25) is 5.91 Å². The summed E-state index contributed by atoms with van der Waals surface area (Å²) in [5, 5.41) is 6.24. The van der Waals surface area contributed by atoms with Crippen molar-refractivity contribution in [3.8, 4) is 0 Å². The molecule has 0 saturated heterocycles. The van der Waals surface area contributed by atoms with E-state index in [-0.39, 0.29) is 29.6 Å². The smallest absolute Gasteiger partial charge is 0.241 e. The molecule has 1 aliphatic rings. The summed E-state index contributed by atoms with van der Waals surface area (Å²) in [6.07, 6.45) is 1.99. The monoisotopic (exact) mass is 330 g/mol. The van der Waals surface area contributed by atoms with Crippen molar-refractivity contribution in [1.29, 1.82) is 0 Å². The third kappa shape index (κ3) is 4.17. The van der Waals surface area contributed by atoms with Gasteiger partial charge in [0, 0.05) is 12.1 Å². The lowest BCUT2D eigenvalue weighted by Crippen LogP contribution is -2.39. The molecule has 1 fully saturated rings. The Kier molecular flexibility index (Phi) is 4.90. The van der Waals surface area contributed by atoms with E-state index in [4.69, 9.17) is 0 Å². The van der Waals surface area contributed by atoms with E-state index in [2.05, 4.69) is 10.6 Å². The number of hydrogen-bond donors (Lipinski definition) is 2. The van der Waals surface area contributed by atoms with E-state index in [0.29, 0.717) is 5.56 Å². The molecule has 24 heavy (non-hydrogen) atoms. The van der Waals surface area contributed by atoms with Crippen LogP contribution in [0.1, 0.15) is 43.0 Å². The van der Waals surface area contributed by atoms with Crippen LogP contribution in [0.25, 0.3) is 0 Å². The number of carbonyl (C=O) groups excluding carboxylic acids is 1. The molecule has 3 rings (SSSR count). The maximum atomic E-state index is 13.2. The molecule has 0 aliphatic heterocycles. The lowest BCUT2D eigenvalue weighted by atomic mass is 10.0. The zero-order valence-corrected chi connectivity index (χ0v) is 13.4. The molecule has 0 radical (unpaired) electrons. The number of hydrogen-bond acceptors (Lipinski definition) is 2. The van der Waals surface area contributed by atoms with Crippen LogP contribution in [0.15, 0.2) is 48.5 Å². The standard InChI is InChI=1S/C19H20F2N2O/c1-12(13-2-6-15(20)7-3-13)22-18(19(24)23-17-10-11-17)14-4-8-16(21)9-5-14/h2-9,12,17-18,22H,10-11H2,1H3,(H,23,24)/t12-,18-/m0/s1. The van der Waals surface area contributed by atoms with Gasteiger partial charge >= 0.3 is 0 Å². The predicted octanol–water partition coefficient (Wildman–Crippen LogP) is 3.64. The Hall–Kier alpha value is -2.27. The number of rotatable bonds is 6. The molecular weight excluding hydrogens is 310 g/mol. The summed E-state index contributed by atoms with van der Waals surface area (Å²) in [6, 6.07) is 11.6. The summed E-state index contributed by atoms with van der Waals surface area (Å²) in [6.45, 7) is 1.91. The van der Waals surface area contributed by atoms with Crippen molar-refractivity contribution in [1.82, 2.24) is 10.6 Å². The van der Waals surface area contributed by atoms with E-state index >= 15 is 0 Å². The average molecular weight is 330 g/mol. The Labute approximate surface area is 140 Å². The molecule has 2 aromatic rings. The van der Waals surface area contributed by atoms with E-state index in [0.717, 1.165) is 18.4 Å². The zero-order valence-electron chi connectivity index (χ0n) is 13.4. The van der Waals surface area contributed by atoms with Crippen molar-refractivity contribution >= 4 is 5.91 Å². The van der Waals surface area contributed by atoms with Crippen LogP contribution in [-0.2, 0) is 4.79 Å². The molecule has 126 valence electrons. The molecule has 5 heteroatoms. The maximum absolute atomic E-state index is 13.2. The molecule has 0 aromatic heterocycles. The zero-order chi connectivity index (χ0) is 17.1. The Bertz CT molecular complexity index is 696. The Morgan fingerprint density at radius 2 is 1.46 bits per heavy atom. The topological polar surface area (TPSA) is 41.1 Å².